The van der Waals surface area contributed by atoms with Gasteiger partial charge in [0.2, 0.25) is 10.0 Å². The minimum absolute atomic E-state index is 0.181. The Hall–Kier alpha value is -1.71. The number of likely N-dealkylation sites (N-methyl/N-ethyl adjacent to an activating group) is 1. The molecule has 1 aromatic carbocycles. The van der Waals surface area contributed by atoms with Gasteiger partial charge < -0.3 is 14.7 Å². The number of hydrogen-bond acceptors (Lipinski definition) is 5. The van der Waals surface area contributed by atoms with Crippen LogP contribution >= 0.6 is 0 Å². The lowest BCUT2D eigenvalue weighted by Crippen LogP contribution is -2.30. The number of nitrogens with one attached hydrogen (secondary N) is 1. The molecule has 0 unspecified atom stereocenters. The molecule has 0 aliphatic carbocycles. The van der Waals surface area contributed by atoms with Crippen molar-refractivity contribution in [1.29, 1.82) is 0 Å². The monoisotopic (exact) mass is 334 g/mol. The van der Waals surface area contributed by atoms with Crippen molar-refractivity contribution < 1.29 is 27.4 Å². The van der Waals surface area contributed by atoms with Gasteiger partial charge in [0.1, 0.15) is 0 Å². The number of aliphatic hydroxyl groups is 1. The molecular formula is C13H19FN2O5S. The van der Waals surface area contributed by atoms with Gasteiger partial charge in [-0.3, -0.25) is 4.79 Å². The maximum Gasteiger partial charge on any atom is 0.259 e. The van der Waals surface area contributed by atoms with Crippen LogP contribution in [0.1, 0.15) is 6.92 Å². The maximum atomic E-state index is 13.8. The highest BCUT2D eigenvalue weighted by molar-refractivity contribution is 7.89. The molecule has 9 heteroatoms. The number of carbonyl (C=O) groups excluding carboxylic acids is 1. The molecule has 0 aromatic heterocycles. The van der Waals surface area contributed by atoms with Crippen molar-refractivity contribution in [3.8, 4) is 5.75 Å². The summed E-state index contributed by atoms with van der Waals surface area (Å²) in [6.45, 7) is 0.887. The Balaban J connectivity index is 2.83. The number of sulfonamides is 1. The van der Waals surface area contributed by atoms with E-state index in [1.165, 1.54) is 25.9 Å². The molecule has 0 heterocycles. The molecule has 0 aliphatic rings. The van der Waals surface area contributed by atoms with Crippen molar-refractivity contribution in [2.24, 2.45) is 0 Å². The lowest BCUT2D eigenvalue weighted by molar-refractivity contribution is -0.130. The molecule has 1 atom stereocenters. The highest BCUT2D eigenvalue weighted by atomic mass is 32.2. The zero-order valence-corrected chi connectivity index (χ0v) is 13.4. The molecule has 124 valence electrons. The zero-order chi connectivity index (χ0) is 16.9. The molecule has 0 bridgehead atoms. The predicted molar refractivity (Wildman–Crippen MR) is 77.5 cm³/mol. The molecule has 1 amide bonds. The van der Waals surface area contributed by atoms with Gasteiger partial charge in [0.15, 0.2) is 18.2 Å². The zero-order valence-electron chi connectivity index (χ0n) is 12.5. The van der Waals surface area contributed by atoms with Gasteiger partial charge in [0.05, 0.1) is 11.0 Å². The van der Waals surface area contributed by atoms with Crippen LogP contribution in [0.25, 0.3) is 0 Å². The van der Waals surface area contributed by atoms with Gasteiger partial charge in [-0.2, -0.15) is 0 Å². The van der Waals surface area contributed by atoms with Crippen LogP contribution in [-0.2, 0) is 14.8 Å². The first-order valence-corrected chi connectivity index (χ1v) is 7.92. The Labute approximate surface area is 128 Å². The van der Waals surface area contributed by atoms with Crippen LogP contribution in [0.3, 0.4) is 0 Å². The standard InChI is InChI=1S/C13H19FN2O5S/c1-9(17)7-15-22(19,20)10-4-5-12(11(14)6-10)21-8-13(18)16(2)3/h4-6,9,15,17H,7-8H2,1-3H3/t9-/m1/s1. The molecule has 0 fully saturated rings. The van der Waals surface area contributed by atoms with Gasteiger partial charge in [0, 0.05) is 20.6 Å². The Kier molecular flexibility index (Phi) is 6.27. The number of ether oxygens (including phenoxy) is 1. The fourth-order valence-electron chi connectivity index (χ4n) is 1.35. The van der Waals surface area contributed by atoms with E-state index in [0.29, 0.717) is 0 Å². The van der Waals surface area contributed by atoms with Gasteiger partial charge in [-0.25, -0.2) is 17.5 Å². The summed E-state index contributed by atoms with van der Waals surface area (Å²) >= 11 is 0. The quantitative estimate of drug-likeness (QED) is 0.729. The van der Waals surface area contributed by atoms with Gasteiger partial charge in [-0.15, -0.1) is 0 Å². The van der Waals surface area contributed by atoms with Crippen LogP contribution in [0, 0.1) is 5.82 Å². The van der Waals surface area contributed by atoms with Crippen molar-refractivity contribution in [3.05, 3.63) is 24.0 Å². The smallest absolute Gasteiger partial charge is 0.259 e. The molecule has 1 rings (SSSR count). The van der Waals surface area contributed by atoms with E-state index in [1.54, 1.807) is 0 Å². The van der Waals surface area contributed by atoms with Gasteiger partial charge in [-0.1, -0.05) is 0 Å². The van der Waals surface area contributed by atoms with E-state index in [0.717, 1.165) is 18.2 Å². The number of aliphatic hydroxyl groups excluding tert-OH is 1. The number of amides is 1. The summed E-state index contributed by atoms with van der Waals surface area (Å²) in [5, 5.41) is 9.07. The van der Waals surface area contributed by atoms with Crippen molar-refractivity contribution in [1.82, 2.24) is 9.62 Å². The van der Waals surface area contributed by atoms with Gasteiger partial charge in [0.25, 0.3) is 5.91 Å². The number of benzene rings is 1. The lowest BCUT2D eigenvalue weighted by Gasteiger charge is -2.13. The second-order valence-corrected chi connectivity index (χ2v) is 6.64. The molecule has 1 aromatic rings. The summed E-state index contributed by atoms with van der Waals surface area (Å²) in [7, 11) is -0.853. The fourth-order valence-corrected chi connectivity index (χ4v) is 2.48. The van der Waals surface area contributed by atoms with Crippen molar-refractivity contribution in [2.75, 3.05) is 27.2 Å². The van der Waals surface area contributed by atoms with E-state index < -0.39 is 21.9 Å². The first-order valence-electron chi connectivity index (χ1n) is 6.43. The Morgan fingerprint density at radius 2 is 2.09 bits per heavy atom. The fraction of sp³-hybridized carbons (Fsp3) is 0.462. The topological polar surface area (TPSA) is 95.9 Å². The molecule has 0 saturated carbocycles. The summed E-state index contributed by atoms with van der Waals surface area (Å²) < 4.78 is 44.7. The van der Waals surface area contributed by atoms with Crippen molar-refractivity contribution in [3.63, 3.8) is 0 Å². The molecule has 2 N–H and O–H groups in total. The number of carbonyl (C=O) groups is 1. The van der Waals surface area contributed by atoms with E-state index in [-0.39, 0.29) is 29.7 Å². The van der Waals surface area contributed by atoms with E-state index in [2.05, 4.69) is 4.72 Å². The van der Waals surface area contributed by atoms with E-state index in [4.69, 9.17) is 9.84 Å². The highest BCUT2D eigenvalue weighted by Gasteiger charge is 2.17. The molecule has 0 radical (unpaired) electrons. The number of halogens is 1. The summed E-state index contributed by atoms with van der Waals surface area (Å²) in [6, 6.07) is 3.08. The Morgan fingerprint density at radius 1 is 1.45 bits per heavy atom. The van der Waals surface area contributed by atoms with Crippen LogP contribution in [0.2, 0.25) is 0 Å². The lowest BCUT2D eigenvalue weighted by atomic mass is 10.3. The third-order valence-electron chi connectivity index (χ3n) is 2.63. The summed E-state index contributed by atoms with van der Waals surface area (Å²) in [4.78, 5) is 12.3. The van der Waals surface area contributed by atoms with Gasteiger partial charge in [-0.05, 0) is 25.1 Å². The van der Waals surface area contributed by atoms with Crippen LogP contribution in [0.5, 0.6) is 5.75 Å². The van der Waals surface area contributed by atoms with Crippen molar-refractivity contribution >= 4 is 15.9 Å². The third kappa shape index (κ3) is 5.24. The van der Waals surface area contributed by atoms with E-state index in [9.17, 15) is 17.6 Å². The minimum Gasteiger partial charge on any atom is -0.481 e. The second kappa shape index (κ2) is 7.52. The van der Waals surface area contributed by atoms with Crippen LogP contribution in [0.4, 0.5) is 4.39 Å². The largest absolute Gasteiger partial charge is 0.481 e. The van der Waals surface area contributed by atoms with Crippen molar-refractivity contribution in [2.45, 2.75) is 17.9 Å². The number of rotatable bonds is 7. The minimum atomic E-state index is -3.92. The Morgan fingerprint density at radius 3 is 2.59 bits per heavy atom. The molecule has 7 nitrogen and oxygen atoms in total. The first kappa shape index (κ1) is 18.3. The molecule has 22 heavy (non-hydrogen) atoms. The van der Waals surface area contributed by atoms with E-state index >= 15 is 0 Å². The summed E-state index contributed by atoms with van der Waals surface area (Å²) in [6.07, 6.45) is -0.862. The Bertz CT molecular complexity index is 631. The van der Waals surface area contributed by atoms with E-state index in [1.807, 2.05) is 0 Å². The van der Waals surface area contributed by atoms with Crippen LogP contribution in [0.15, 0.2) is 23.1 Å². The second-order valence-electron chi connectivity index (χ2n) is 4.87. The average molecular weight is 334 g/mol. The number of nitrogens with zero attached hydrogens (tertiary/aromatic N) is 1. The number of hydrogen-bond donors (Lipinski definition) is 2. The molecule has 0 spiro atoms. The normalized spacial score (nSPS) is 12.8. The predicted octanol–water partition coefficient (Wildman–Crippen LogP) is -0.0482. The SMILES string of the molecule is C[C@@H](O)CNS(=O)(=O)c1ccc(OCC(=O)N(C)C)c(F)c1. The van der Waals surface area contributed by atoms with Crippen LogP contribution < -0.4 is 9.46 Å². The average Bonchev–Trinajstić information content (AvgIpc) is 2.43. The highest BCUT2D eigenvalue weighted by Crippen LogP contribution is 2.21. The molecule has 0 saturated heterocycles. The molecule has 0 aliphatic heterocycles. The first-order chi connectivity index (χ1) is 10.1. The van der Waals surface area contributed by atoms with Crippen LogP contribution in [-0.4, -0.2) is 57.7 Å². The summed E-state index contributed by atoms with van der Waals surface area (Å²) in [5.41, 5.74) is 0. The molecular weight excluding hydrogens is 315 g/mol. The third-order valence-corrected chi connectivity index (χ3v) is 4.05. The maximum absolute atomic E-state index is 13.8. The van der Waals surface area contributed by atoms with Gasteiger partial charge >= 0.3 is 0 Å². The summed E-state index contributed by atoms with van der Waals surface area (Å²) in [5.74, 6) is -1.47.